The Balaban J connectivity index is 2.14. The molecule has 0 aliphatic rings. The minimum atomic E-state index is -3.65. The summed E-state index contributed by atoms with van der Waals surface area (Å²) in [5.74, 6) is 0.826. The first-order valence-corrected chi connectivity index (χ1v) is 10.7. The molecule has 0 bridgehead atoms. The molecule has 30 heavy (non-hydrogen) atoms. The van der Waals surface area contributed by atoms with Crippen molar-refractivity contribution in [3.8, 4) is 23.0 Å². The summed E-state index contributed by atoms with van der Waals surface area (Å²) in [6, 6.07) is 3.07. The van der Waals surface area contributed by atoms with Crippen molar-refractivity contribution < 1.29 is 17.7 Å². The van der Waals surface area contributed by atoms with Crippen LogP contribution in [-0.2, 0) is 17.1 Å². The molecule has 0 fully saturated rings. The molecule has 160 valence electrons. The molecule has 11 heteroatoms. The van der Waals surface area contributed by atoms with E-state index in [1.54, 1.807) is 53.9 Å². The molecule has 3 aromatic heterocycles. The lowest BCUT2D eigenvalue weighted by Crippen LogP contribution is -2.23. The third-order valence-electron chi connectivity index (χ3n) is 4.39. The Labute approximate surface area is 174 Å². The van der Waals surface area contributed by atoms with Crippen molar-refractivity contribution in [1.82, 2.24) is 19.7 Å². The molecule has 3 aromatic rings. The molecule has 0 aromatic carbocycles. The number of rotatable bonds is 6. The Morgan fingerprint density at radius 2 is 1.87 bits per heavy atom. The lowest BCUT2D eigenvalue weighted by molar-refractivity contribution is 0.379. The quantitative estimate of drug-likeness (QED) is 0.628. The van der Waals surface area contributed by atoms with Crippen molar-refractivity contribution in [2.75, 3.05) is 4.72 Å². The molecule has 0 unspecified atom stereocenters. The van der Waals surface area contributed by atoms with Crippen LogP contribution in [-0.4, -0.2) is 33.4 Å². The van der Waals surface area contributed by atoms with Crippen LogP contribution in [0.15, 0.2) is 27.6 Å². The van der Waals surface area contributed by atoms with Gasteiger partial charge in [0.15, 0.2) is 11.5 Å². The number of aromatic nitrogens is 4. The van der Waals surface area contributed by atoms with E-state index in [0.29, 0.717) is 34.0 Å². The Bertz CT molecular complexity index is 1220. The Hall–Kier alpha value is -3.21. The van der Waals surface area contributed by atoms with Gasteiger partial charge in [-0.2, -0.15) is 9.97 Å². The van der Waals surface area contributed by atoms with Gasteiger partial charge in [-0.25, -0.2) is 8.42 Å². The topological polar surface area (TPSA) is 129 Å². The predicted octanol–water partition coefficient (Wildman–Crippen LogP) is 2.70. The van der Waals surface area contributed by atoms with Gasteiger partial charge in [0.2, 0.25) is 10.0 Å². The fourth-order valence-corrected chi connectivity index (χ4v) is 3.30. The summed E-state index contributed by atoms with van der Waals surface area (Å²) in [5.41, 5.74) is 1.87. The number of hydrogen-bond donors (Lipinski definition) is 1. The van der Waals surface area contributed by atoms with Crippen LogP contribution < -0.4 is 15.0 Å². The van der Waals surface area contributed by atoms with E-state index in [1.807, 2.05) is 0 Å². The maximum atomic E-state index is 12.4. The van der Waals surface area contributed by atoms with Gasteiger partial charge in [-0.05, 0) is 33.8 Å². The first-order chi connectivity index (χ1) is 14.0. The highest BCUT2D eigenvalue weighted by atomic mass is 32.2. The van der Waals surface area contributed by atoms with Gasteiger partial charge < -0.3 is 13.8 Å². The number of hydrogen-bond acceptors (Lipinski definition) is 8. The van der Waals surface area contributed by atoms with E-state index >= 15 is 0 Å². The standard InChI is InChI=1S/C19H23N5O5S/c1-10(2)30(26,27)23-16-8-15(14-7-11(3)18(25)24(6)9-14)20-19(21-16)28-17-12(4)22-29-13(17)5/h7-10H,1-6H3,(H,20,21,23). The smallest absolute Gasteiger partial charge is 0.324 e. The third-order valence-corrected chi connectivity index (χ3v) is 6.13. The molecule has 0 amide bonds. The van der Waals surface area contributed by atoms with E-state index in [9.17, 15) is 13.2 Å². The first kappa shape index (κ1) is 21.5. The maximum absolute atomic E-state index is 12.4. The van der Waals surface area contributed by atoms with E-state index < -0.39 is 15.3 Å². The summed E-state index contributed by atoms with van der Waals surface area (Å²) in [4.78, 5) is 20.6. The summed E-state index contributed by atoms with van der Waals surface area (Å²) >= 11 is 0. The second-order valence-electron chi connectivity index (χ2n) is 7.20. The van der Waals surface area contributed by atoms with Crippen LogP contribution in [0.1, 0.15) is 30.9 Å². The molecule has 0 aliphatic carbocycles. The van der Waals surface area contributed by atoms with Crippen molar-refractivity contribution in [3.63, 3.8) is 0 Å². The van der Waals surface area contributed by atoms with Crippen LogP contribution in [0.3, 0.4) is 0 Å². The number of anilines is 1. The van der Waals surface area contributed by atoms with E-state index in [4.69, 9.17) is 9.26 Å². The number of aryl methyl sites for hydroxylation is 4. The SMILES string of the molecule is Cc1noc(C)c1Oc1nc(NS(=O)(=O)C(C)C)cc(-c2cc(C)c(=O)n(C)c2)n1. The fraction of sp³-hybridized carbons (Fsp3) is 0.368. The molecule has 1 N–H and O–H groups in total. The van der Waals surface area contributed by atoms with Gasteiger partial charge in [-0.1, -0.05) is 5.16 Å². The van der Waals surface area contributed by atoms with Crippen molar-refractivity contribution in [1.29, 1.82) is 0 Å². The van der Waals surface area contributed by atoms with Crippen molar-refractivity contribution in [2.24, 2.45) is 7.05 Å². The van der Waals surface area contributed by atoms with Crippen LogP contribution in [0, 0.1) is 20.8 Å². The number of pyridine rings is 1. The minimum Gasteiger partial charge on any atom is -0.418 e. The summed E-state index contributed by atoms with van der Waals surface area (Å²) in [6.45, 7) is 8.19. The second-order valence-corrected chi connectivity index (χ2v) is 9.44. The van der Waals surface area contributed by atoms with Crippen LogP contribution >= 0.6 is 0 Å². The van der Waals surface area contributed by atoms with Crippen LogP contribution in [0.5, 0.6) is 11.8 Å². The Morgan fingerprint density at radius 1 is 1.17 bits per heavy atom. The first-order valence-electron chi connectivity index (χ1n) is 9.17. The number of sulfonamides is 1. The van der Waals surface area contributed by atoms with Crippen LogP contribution in [0.4, 0.5) is 5.82 Å². The zero-order valence-corrected chi connectivity index (χ0v) is 18.4. The summed E-state index contributed by atoms with van der Waals surface area (Å²) in [7, 11) is -2.02. The third kappa shape index (κ3) is 4.35. The molecule has 10 nitrogen and oxygen atoms in total. The van der Waals surface area contributed by atoms with Crippen molar-refractivity contribution in [2.45, 2.75) is 39.9 Å². The summed E-state index contributed by atoms with van der Waals surface area (Å²) < 4.78 is 39.4. The highest BCUT2D eigenvalue weighted by Gasteiger charge is 2.20. The molecule has 0 radical (unpaired) electrons. The molecule has 0 saturated carbocycles. The molecule has 0 saturated heterocycles. The largest absolute Gasteiger partial charge is 0.418 e. The van der Waals surface area contributed by atoms with E-state index in [0.717, 1.165) is 0 Å². The van der Waals surface area contributed by atoms with Crippen LogP contribution in [0.25, 0.3) is 11.3 Å². The number of nitrogens with zero attached hydrogens (tertiary/aromatic N) is 4. The summed E-state index contributed by atoms with van der Waals surface area (Å²) in [6.07, 6.45) is 1.61. The van der Waals surface area contributed by atoms with Crippen molar-refractivity contribution >= 4 is 15.8 Å². The van der Waals surface area contributed by atoms with Crippen LogP contribution in [0.2, 0.25) is 0 Å². The number of ether oxygens (including phenoxy) is 1. The molecule has 3 heterocycles. The van der Waals surface area contributed by atoms with E-state index in [2.05, 4.69) is 19.8 Å². The molecular weight excluding hydrogens is 410 g/mol. The monoisotopic (exact) mass is 433 g/mol. The minimum absolute atomic E-state index is 0.0435. The fourth-order valence-electron chi connectivity index (χ4n) is 2.66. The highest BCUT2D eigenvalue weighted by molar-refractivity contribution is 7.93. The predicted molar refractivity (Wildman–Crippen MR) is 111 cm³/mol. The summed E-state index contributed by atoms with van der Waals surface area (Å²) in [5, 5.41) is 3.16. The number of nitrogens with one attached hydrogen (secondary N) is 1. The molecule has 0 spiro atoms. The molecule has 3 rings (SSSR count). The average Bonchev–Trinajstić information content (AvgIpc) is 2.97. The lowest BCUT2D eigenvalue weighted by atomic mass is 10.1. The zero-order chi connectivity index (χ0) is 22.2. The maximum Gasteiger partial charge on any atom is 0.324 e. The van der Waals surface area contributed by atoms with Gasteiger partial charge in [-0.3, -0.25) is 9.52 Å². The lowest BCUT2D eigenvalue weighted by Gasteiger charge is -2.13. The Morgan fingerprint density at radius 3 is 2.43 bits per heavy atom. The molecule has 0 atom stereocenters. The van der Waals surface area contributed by atoms with Crippen molar-refractivity contribution in [3.05, 3.63) is 45.7 Å². The van der Waals surface area contributed by atoms with E-state index in [-0.39, 0.29) is 17.4 Å². The van der Waals surface area contributed by atoms with Gasteiger partial charge in [0.25, 0.3) is 5.56 Å². The molecule has 0 aliphatic heterocycles. The van der Waals surface area contributed by atoms with Gasteiger partial charge >= 0.3 is 6.01 Å². The van der Waals surface area contributed by atoms with Gasteiger partial charge in [0, 0.05) is 37.4 Å². The van der Waals surface area contributed by atoms with Gasteiger partial charge in [0.1, 0.15) is 11.5 Å². The average molecular weight is 433 g/mol. The van der Waals surface area contributed by atoms with E-state index in [1.165, 1.54) is 10.6 Å². The van der Waals surface area contributed by atoms with Gasteiger partial charge in [0.05, 0.1) is 10.9 Å². The Kier molecular flexibility index (Phi) is 5.66. The second kappa shape index (κ2) is 7.90. The zero-order valence-electron chi connectivity index (χ0n) is 17.5. The normalized spacial score (nSPS) is 11.7. The van der Waals surface area contributed by atoms with Gasteiger partial charge in [-0.15, -0.1) is 0 Å². The molecular formula is C19H23N5O5S. The highest BCUT2D eigenvalue weighted by Crippen LogP contribution is 2.29.